The van der Waals surface area contributed by atoms with Crippen LogP contribution >= 0.6 is 0 Å². The van der Waals surface area contributed by atoms with Crippen LogP contribution in [0.1, 0.15) is 20.8 Å². The van der Waals surface area contributed by atoms with Crippen molar-refractivity contribution in [2.24, 2.45) is 5.92 Å². The summed E-state index contributed by atoms with van der Waals surface area (Å²) in [6, 6.07) is 0. The van der Waals surface area contributed by atoms with Gasteiger partial charge in [0.05, 0.1) is 0 Å². The Labute approximate surface area is 89.1 Å². The number of allylic oxidation sites excluding steroid dienone is 2. The maximum atomic E-state index is 10.9. The van der Waals surface area contributed by atoms with Crippen molar-refractivity contribution < 1.29 is 19.7 Å². The highest BCUT2D eigenvalue weighted by atomic mass is 17.2. The highest BCUT2D eigenvalue weighted by Crippen LogP contribution is 2.20. The molecule has 0 aliphatic heterocycles. The van der Waals surface area contributed by atoms with Crippen LogP contribution < -0.4 is 0 Å². The minimum absolute atomic E-state index is 0.0493. The van der Waals surface area contributed by atoms with Crippen molar-refractivity contribution >= 4 is 5.78 Å². The van der Waals surface area contributed by atoms with Crippen molar-refractivity contribution in [1.82, 2.24) is 0 Å². The number of aliphatic hydroxyl groups is 1. The fourth-order valence-electron chi connectivity index (χ4n) is 0.926. The van der Waals surface area contributed by atoms with E-state index in [1.807, 2.05) is 13.8 Å². The average Bonchev–Trinajstić information content (AvgIpc) is 2.19. The summed E-state index contributed by atoms with van der Waals surface area (Å²) in [5, 5.41) is 9.36. The monoisotopic (exact) mass is 212 g/mol. The normalized spacial score (nSPS) is 21.0. The van der Waals surface area contributed by atoms with Crippen LogP contribution in [0.25, 0.3) is 0 Å². The van der Waals surface area contributed by atoms with Gasteiger partial charge in [0, 0.05) is 5.92 Å². The molecule has 84 valence electrons. The smallest absolute Gasteiger partial charge is 0.191 e. The number of ketones is 1. The van der Waals surface area contributed by atoms with Crippen molar-refractivity contribution in [3.63, 3.8) is 0 Å². The topological polar surface area (TPSA) is 55.8 Å². The summed E-state index contributed by atoms with van der Waals surface area (Å²) >= 11 is 0. The number of hydrogen-bond donors (Lipinski definition) is 1. The summed E-state index contributed by atoms with van der Waals surface area (Å²) in [4.78, 5) is 20.8. The van der Waals surface area contributed by atoms with Crippen LogP contribution in [0.3, 0.4) is 0 Å². The van der Waals surface area contributed by atoms with Crippen molar-refractivity contribution in [3.8, 4) is 0 Å². The van der Waals surface area contributed by atoms with Crippen molar-refractivity contribution in [1.29, 1.82) is 0 Å². The summed E-state index contributed by atoms with van der Waals surface area (Å²) in [6.07, 6.45) is 5.02. The Hall–Kier alpha value is -0.970. The van der Waals surface area contributed by atoms with Gasteiger partial charge in [-0.3, -0.25) is 4.79 Å². The van der Waals surface area contributed by atoms with Crippen molar-refractivity contribution in [3.05, 3.63) is 24.3 Å². The highest BCUT2D eigenvalue weighted by Gasteiger charge is 2.25. The van der Waals surface area contributed by atoms with Crippen LogP contribution in [-0.2, 0) is 14.6 Å². The molecule has 0 unspecified atom stereocenters. The van der Waals surface area contributed by atoms with E-state index in [4.69, 9.17) is 9.78 Å². The third kappa shape index (κ3) is 3.58. The molecule has 1 N–H and O–H groups in total. The summed E-state index contributed by atoms with van der Waals surface area (Å²) in [5.41, 5.74) is -0.788. The van der Waals surface area contributed by atoms with E-state index in [1.54, 1.807) is 19.1 Å². The van der Waals surface area contributed by atoms with Gasteiger partial charge in [-0.25, -0.2) is 9.78 Å². The lowest BCUT2D eigenvalue weighted by Gasteiger charge is -2.25. The molecule has 0 radical (unpaired) electrons. The third-order valence-corrected chi connectivity index (χ3v) is 2.05. The first-order valence-electron chi connectivity index (χ1n) is 4.88. The second-order valence-electron chi connectivity index (χ2n) is 4.07. The molecule has 15 heavy (non-hydrogen) atoms. The highest BCUT2D eigenvalue weighted by molar-refractivity contribution is 6.00. The first kappa shape index (κ1) is 12.1. The van der Waals surface area contributed by atoms with E-state index in [2.05, 4.69) is 0 Å². The van der Waals surface area contributed by atoms with E-state index in [0.717, 1.165) is 0 Å². The molecular weight excluding hydrogens is 196 g/mol. The van der Waals surface area contributed by atoms with Gasteiger partial charge in [-0.05, 0) is 31.2 Å². The van der Waals surface area contributed by atoms with Crippen LogP contribution in [0.15, 0.2) is 24.3 Å². The van der Waals surface area contributed by atoms with E-state index in [1.165, 1.54) is 12.2 Å². The SMILES string of the molecule is CC(C)[C@@H](O)OOC1(C)C=CC(=O)C=C1. The second-order valence-corrected chi connectivity index (χ2v) is 4.07. The molecule has 0 heterocycles. The van der Waals surface area contributed by atoms with Crippen molar-refractivity contribution in [2.75, 3.05) is 0 Å². The molecule has 0 amide bonds. The molecule has 0 aromatic heterocycles. The van der Waals surface area contributed by atoms with E-state index >= 15 is 0 Å². The number of carbonyl (C=O) groups excluding carboxylic acids is 1. The first-order chi connectivity index (χ1) is 6.93. The average molecular weight is 212 g/mol. The number of rotatable bonds is 4. The maximum Gasteiger partial charge on any atom is 0.191 e. The Balaban J connectivity index is 2.48. The number of carbonyl (C=O) groups is 1. The Bertz CT molecular complexity index is 275. The lowest BCUT2D eigenvalue weighted by Crippen LogP contribution is -2.30. The third-order valence-electron chi connectivity index (χ3n) is 2.05. The zero-order valence-corrected chi connectivity index (χ0v) is 9.14. The van der Waals surface area contributed by atoms with Crippen LogP contribution in [-0.4, -0.2) is 22.8 Å². The summed E-state index contributed by atoms with van der Waals surface area (Å²) < 4.78 is 0. The zero-order valence-electron chi connectivity index (χ0n) is 9.14. The molecule has 0 saturated carbocycles. The quantitative estimate of drug-likeness (QED) is 0.434. The molecule has 1 atom stereocenters. The van der Waals surface area contributed by atoms with Gasteiger partial charge in [0.15, 0.2) is 12.1 Å². The van der Waals surface area contributed by atoms with E-state index < -0.39 is 11.9 Å². The molecule has 0 saturated heterocycles. The molecular formula is C11H16O4. The maximum absolute atomic E-state index is 10.9. The minimum atomic E-state index is -0.971. The summed E-state index contributed by atoms with van der Waals surface area (Å²) in [5.74, 6) is -0.132. The zero-order chi connectivity index (χ0) is 11.5. The first-order valence-corrected chi connectivity index (χ1v) is 4.88. The van der Waals surface area contributed by atoms with Gasteiger partial charge in [-0.2, -0.15) is 0 Å². The van der Waals surface area contributed by atoms with E-state index in [-0.39, 0.29) is 11.7 Å². The van der Waals surface area contributed by atoms with Gasteiger partial charge in [0.2, 0.25) is 0 Å². The van der Waals surface area contributed by atoms with Crippen LogP contribution in [0, 0.1) is 5.92 Å². The van der Waals surface area contributed by atoms with E-state index in [9.17, 15) is 9.90 Å². The Morgan fingerprint density at radius 2 is 1.87 bits per heavy atom. The van der Waals surface area contributed by atoms with Gasteiger partial charge in [0.25, 0.3) is 0 Å². The molecule has 4 nitrogen and oxygen atoms in total. The Morgan fingerprint density at radius 1 is 1.33 bits per heavy atom. The molecule has 0 bridgehead atoms. The summed E-state index contributed by atoms with van der Waals surface area (Å²) in [6.45, 7) is 5.36. The fourth-order valence-corrected chi connectivity index (χ4v) is 0.926. The second kappa shape index (κ2) is 4.70. The van der Waals surface area contributed by atoms with Gasteiger partial charge in [-0.1, -0.05) is 13.8 Å². The molecule has 0 aromatic carbocycles. The number of aliphatic hydroxyl groups excluding tert-OH is 1. The van der Waals surface area contributed by atoms with Gasteiger partial charge in [0.1, 0.15) is 5.60 Å². The van der Waals surface area contributed by atoms with Crippen LogP contribution in [0.5, 0.6) is 0 Å². The predicted molar refractivity (Wildman–Crippen MR) is 54.7 cm³/mol. The van der Waals surface area contributed by atoms with Gasteiger partial charge >= 0.3 is 0 Å². The lowest BCUT2D eigenvalue weighted by atomic mass is 10.0. The fraction of sp³-hybridized carbons (Fsp3) is 0.545. The molecule has 4 heteroatoms. The molecule has 0 fully saturated rings. The molecule has 1 aliphatic carbocycles. The predicted octanol–water partition coefficient (Wildman–Crippen LogP) is 1.36. The van der Waals surface area contributed by atoms with E-state index in [0.29, 0.717) is 0 Å². The van der Waals surface area contributed by atoms with Gasteiger partial charge < -0.3 is 5.11 Å². The standard InChI is InChI=1S/C11H16O4/c1-8(2)10(13)14-15-11(3)6-4-9(12)5-7-11/h4-8,10,13H,1-3H3/t10-/m0/s1. The Kier molecular flexibility index (Phi) is 3.79. The van der Waals surface area contributed by atoms with Crippen LogP contribution in [0.2, 0.25) is 0 Å². The molecule has 1 aliphatic rings. The van der Waals surface area contributed by atoms with Crippen molar-refractivity contribution in [2.45, 2.75) is 32.7 Å². The molecule has 0 aromatic rings. The van der Waals surface area contributed by atoms with Crippen LogP contribution in [0.4, 0.5) is 0 Å². The number of hydrogen-bond acceptors (Lipinski definition) is 4. The summed E-state index contributed by atoms with van der Waals surface area (Å²) in [7, 11) is 0. The van der Waals surface area contributed by atoms with Gasteiger partial charge in [-0.15, -0.1) is 0 Å². The molecule has 1 rings (SSSR count). The largest absolute Gasteiger partial charge is 0.365 e. The lowest BCUT2D eigenvalue weighted by molar-refractivity contribution is -0.405. The molecule has 0 spiro atoms. The minimum Gasteiger partial charge on any atom is -0.365 e. The Morgan fingerprint density at radius 3 is 2.33 bits per heavy atom.